The second-order valence-corrected chi connectivity index (χ2v) is 2.42. The minimum Gasteiger partial charge on any atom is -0.465 e. The zero-order chi connectivity index (χ0) is 8.81. The van der Waals surface area contributed by atoms with Crippen molar-refractivity contribution in [1.82, 2.24) is 4.90 Å². The van der Waals surface area contributed by atoms with Crippen molar-refractivity contribution in [2.45, 2.75) is 6.92 Å². The van der Waals surface area contributed by atoms with E-state index in [1.165, 1.54) is 0 Å². The Hall–Kier alpha value is -0.650. The molecule has 0 radical (unpaired) electrons. The summed E-state index contributed by atoms with van der Waals surface area (Å²) in [5.41, 5.74) is 0. The molecule has 1 fully saturated rings. The van der Waals surface area contributed by atoms with Crippen molar-refractivity contribution in [3.63, 3.8) is 0 Å². The summed E-state index contributed by atoms with van der Waals surface area (Å²) < 4.78 is 14.7. The Morgan fingerprint density at radius 2 is 2.17 bits per heavy atom. The van der Waals surface area contributed by atoms with E-state index in [4.69, 9.17) is 14.2 Å². The van der Waals surface area contributed by atoms with Crippen LogP contribution in [-0.4, -0.2) is 44.3 Å². The van der Waals surface area contributed by atoms with E-state index in [0.29, 0.717) is 26.9 Å². The van der Waals surface area contributed by atoms with E-state index >= 15 is 0 Å². The van der Waals surface area contributed by atoms with Crippen LogP contribution >= 0.6 is 0 Å². The molecule has 0 aromatic rings. The van der Waals surface area contributed by atoms with Crippen LogP contribution in [-0.2, 0) is 19.0 Å². The van der Waals surface area contributed by atoms with Crippen molar-refractivity contribution in [2.75, 3.05) is 33.4 Å². The standard InChI is InChI=1S/C7H13NO4/c1-2-12-7(9)3-8-4-10-6-11-5-8/h2-6H2,1H3. The lowest BCUT2D eigenvalue weighted by Crippen LogP contribution is -2.38. The third-order valence-electron chi connectivity index (χ3n) is 1.37. The molecule has 1 rings (SSSR count). The maximum atomic E-state index is 10.9. The zero-order valence-corrected chi connectivity index (χ0v) is 7.12. The van der Waals surface area contributed by atoms with Crippen molar-refractivity contribution in [3.05, 3.63) is 0 Å². The number of ether oxygens (including phenoxy) is 3. The summed E-state index contributed by atoms with van der Waals surface area (Å²) in [5.74, 6) is -0.244. The molecular formula is C7H13NO4. The average molecular weight is 175 g/mol. The van der Waals surface area contributed by atoms with Crippen LogP contribution in [0.15, 0.2) is 0 Å². The number of carbonyl (C=O) groups excluding carboxylic acids is 1. The monoisotopic (exact) mass is 175 g/mol. The Balaban J connectivity index is 2.15. The van der Waals surface area contributed by atoms with Crippen LogP contribution in [0.4, 0.5) is 0 Å². The van der Waals surface area contributed by atoms with Crippen molar-refractivity contribution in [3.8, 4) is 0 Å². The average Bonchev–Trinajstić information content (AvgIpc) is 2.06. The molecule has 1 saturated heterocycles. The van der Waals surface area contributed by atoms with Gasteiger partial charge in [-0.05, 0) is 6.92 Å². The Kier molecular flexibility index (Phi) is 3.99. The van der Waals surface area contributed by atoms with E-state index in [1.54, 1.807) is 11.8 Å². The van der Waals surface area contributed by atoms with Gasteiger partial charge < -0.3 is 14.2 Å². The van der Waals surface area contributed by atoms with Crippen LogP contribution in [0.1, 0.15) is 6.92 Å². The van der Waals surface area contributed by atoms with Crippen LogP contribution in [0.25, 0.3) is 0 Å². The second kappa shape index (κ2) is 5.08. The molecule has 0 amide bonds. The number of carbonyl (C=O) groups is 1. The molecule has 0 unspecified atom stereocenters. The molecular weight excluding hydrogens is 162 g/mol. The highest BCUT2D eigenvalue weighted by Gasteiger charge is 2.14. The summed E-state index contributed by atoms with van der Waals surface area (Å²) in [7, 11) is 0. The van der Waals surface area contributed by atoms with Gasteiger partial charge in [-0.15, -0.1) is 0 Å². The molecule has 5 nitrogen and oxygen atoms in total. The fraction of sp³-hybridized carbons (Fsp3) is 0.857. The molecule has 70 valence electrons. The van der Waals surface area contributed by atoms with E-state index in [9.17, 15) is 4.79 Å². The maximum Gasteiger partial charge on any atom is 0.320 e. The molecule has 0 spiro atoms. The van der Waals surface area contributed by atoms with Crippen LogP contribution in [0, 0.1) is 0 Å². The second-order valence-electron chi connectivity index (χ2n) is 2.42. The Morgan fingerprint density at radius 3 is 2.75 bits per heavy atom. The summed E-state index contributed by atoms with van der Waals surface area (Å²) in [6, 6.07) is 0. The molecule has 1 aliphatic rings. The summed E-state index contributed by atoms with van der Waals surface area (Å²) >= 11 is 0. The molecule has 0 aromatic heterocycles. The van der Waals surface area contributed by atoms with Crippen molar-refractivity contribution in [1.29, 1.82) is 0 Å². The van der Waals surface area contributed by atoms with Crippen molar-refractivity contribution >= 4 is 5.97 Å². The highest BCUT2D eigenvalue weighted by atomic mass is 16.7. The van der Waals surface area contributed by atoms with Gasteiger partial charge in [-0.25, -0.2) is 4.90 Å². The van der Waals surface area contributed by atoms with Gasteiger partial charge >= 0.3 is 5.97 Å². The Labute approximate surface area is 71.2 Å². The van der Waals surface area contributed by atoms with E-state index in [2.05, 4.69) is 0 Å². The first-order valence-electron chi connectivity index (χ1n) is 3.86. The lowest BCUT2D eigenvalue weighted by molar-refractivity contribution is -0.189. The molecule has 0 aliphatic carbocycles. The normalized spacial score (nSPS) is 19.1. The van der Waals surface area contributed by atoms with Gasteiger partial charge in [0.05, 0.1) is 6.61 Å². The third kappa shape index (κ3) is 3.17. The minimum absolute atomic E-state index is 0.230. The van der Waals surface area contributed by atoms with Crippen molar-refractivity contribution < 1.29 is 19.0 Å². The van der Waals surface area contributed by atoms with E-state index in [0.717, 1.165) is 0 Å². The van der Waals surface area contributed by atoms with Gasteiger partial charge in [0.15, 0.2) is 0 Å². The molecule has 5 heteroatoms. The van der Waals surface area contributed by atoms with E-state index < -0.39 is 0 Å². The topological polar surface area (TPSA) is 48.0 Å². The van der Waals surface area contributed by atoms with Crippen LogP contribution < -0.4 is 0 Å². The Bertz CT molecular complexity index is 144. The Morgan fingerprint density at radius 1 is 1.50 bits per heavy atom. The van der Waals surface area contributed by atoms with Crippen molar-refractivity contribution in [2.24, 2.45) is 0 Å². The quantitative estimate of drug-likeness (QED) is 0.554. The third-order valence-corrected chi connectivity index (χ3v) is 1.37. The first-order valence-corrected chi connectivity index (χ1v) is 3.86. The van der Waals surface area contributed by atoms with Gasteiger partial charge in [0.25, 0.3) is 0 Å². The largest absolute Gasteiger partial charge is 0.465 e. The predicted molar refractivity (Wildman–Crippen MR) is 40.1 cm³/mol. The number of hydrogen-bond acceptors (Lipinski definition) is 5. The van der Waals surface area contributed by atoms with Gasteiger partial charge in [-0.3, -0.25) is 4.79 Å². The van der Waals surface area contributed by atoms with E-state index in [-0.39, 0.29) is 12.5 Å². The lowest BCUT2D eigenvalue weighted by Gasteiger charge is -2.25. The smallest absolute Gasteiger partial charge is 0.320 e. The van der Waals surface area contributed by atoms with Crippen LogP contribution in [0.3, 0.4) is 0 Å². The van der Waals surface area contributed by atoms with Gasteiger partial charge in [0.2, 0.25) is 0 Å². The maximum absolute atomic E-state index is 10.9. The van der Waals surface area contributed by atoms with Gasteiger partial charge in [-0.2, -0.15) is 0 Å². The highest BCUT2D eigenvalue weighted by Crippen LogP contribution is 1.97. The molecule has 1 aliphatic heterocycles. The molecule has 1 heterocycles. The molecule has 0 atom stereocenters. The minimum atomic E-state index is -0.244. The molecule has 0 saturated carbocycles. The molecule has 0 bridgehead atoms. The first kappa shape index (κ1) is 9.44. The highest BCUT2D eigenvalue weighted by molar-refractivity contribution is 5.71. The zero-order valence-electron chi connectivity index (χ0n) is 7.12. The van der Waals surface area contributed by atoms with Crippen LogP contribution in [0.5, 0.6) is 0 Å². The SMILES string of the molecule is CCOC(=O)CN1COCOC1. The number of rotatable bonds is 3. The summed E-state index contributed by atoms with van der Waals surface area (Å²) in [6.07, 6.45) is 0. The van der Waals surface area contributed by atoms with Gasteiger partial charge in [-0.1, -0.05) is 0 Å². The van der Waals surface area contributed by atoms with Gasteiger partial charge in [0, 0.05) is 0 Å². The van der Waals surface area contributed by atoms with Crippen LogP contribution in [0.2, 0.25) is 0 Å². The molecule has 0 N–H and O–H groups in total. The predicted octanol–water partition coefficient (Wildman–Crippen LogP) is -0.229. The molecule has 12 heavy (non-hydrogen) atoms. The lowest BCUT2D eigenvalue weighted by atomic mass is 10.6. The first-order chi connectivity index (χ1) is 5.83. The molecule has 0 aromatic carbocycles. The number of esters is 1. The van der Waals surface area contributed by atoms with E-state index in [1.807, 2.05) is 0 Å². The van der Waals surface area contributed by atoms with Gasteiger partial charge in [0.1, 0.15) is 26.8 Å². The number of nitrogens with zero attached hydrogens (tertiary/aromatic N) is 1. The summed E-state index contributed by atoms with van der Waals surface area (Å²) in [5, 5.41) is 0. The summed E-state index contributed by atoms with van der Waals surface area (Å²) in [4.78, 5) is 12.7. The fourth-order valence-electron chi connectivity index (χ4n) is 0.909. The fourth-order valence-corrected chi connectivity index (χ4v) is 0.909. The summed E-state index contributed by atoms with van der Waals surface area (Å²) in [6.45, 7) is 3.58. The number of hydrogen-bond donors (Lipinski definition) is 0.